The predicted octanol–water partition coefficient (Wildman–Crippen LogP) is 1.82. The Morgan fingerprint density at radius 3 is 2.82 bits per heavy atom. The van der Waals surface area contributed by atoms with Crippen LogP contribution in [0.15, 0.2) is 18.7 Å². The maximum Gasteiger partial charge on any atom is 0.0302 e. The summed E-state index contributed by atoms with van der Waals surface area (Å²) in [5, 5.41) is 1.28. The maximum absolute atomic E-state index is 3.68. The molecule has 11 heavy (non-hydrogen) atoms. The van der Waals surface area contributed by atoms with Crippen molar-refractivity contribution in [2.75, 3.05) is 0 Å². The van der Waals surface area contributed by atoms with Crippen molar-refractivity contribution in [3.63, 3.8) is 0 Å². The van der Waals surface area contributed by atoms with Gasteiger partial charge in [0.1, 0.15) is 0 Å². The highest BCUT2D eigenvalue weighted by molar-refractivity contribution is 7.09. The molecule has 1 heteroatoms. The third kappa shape index (κ3) is 1.81. The van der Waals surface area contributed by atoms with Crippen LogP contribution in [0.4, 0.5) is 0 Å². The Balaban J connectivity index is 3.47. The summed E-state index contributed by atoms with van der Waals surface area (Å²) in [4.78, 5) is 1.35. The molecule has 0 bridgehead atoms. The Hall–Kier alpha value is -0.820. The molecule has 1 rings (SSSR count). The minimum atomic E-state index is 1.28. The van der Waals surface area contributed by atoms with E-state index in [1.807, 2.05) is 23.5 Å². The monoisotopic (exact) mass is 164 g/mol. The van der Waals surface area contributed by atoms with Gasteiger partial charge in [-0.15, -0.1) is 11.3 Å². The summed E-state index contributed by atoms with van der Waals surface area (Å²) in [6, 6.07) is 2.18. The summed E-state index contributed by atoms with van der Waals surface area (Å²) in [6.45, 7) is 7.86. The van der Waals surface area contributed by atoms with E-state index in [1.54, 1.807) is 0 Å². The van der Waals surface area contributed by atoms with Crippen LogP contribution in [-0.4, -0.2) is 0 Å². The minimum Gasteiger partial charge on any atom is -0.141 e. The number of thiophene rings is 1. The van der Waals surface area contributed by atoms with Gasteiger partial charge in [0, 0.05) is 9.41 Å². The molecule has 0 radical (unpaired) electrons. The molecule has 0 unspecified atom stereocenters. The van der Waals surface area contributed by atoms with Gasteiger partial charge in [0.2, 0.25) is 0 Å². The van der Waals surface area contributed by atoms with Crippen LogP contribution in [0, 0.1) is 6.92 Å². The Morgan fingerprint density at radius 1 is 1.55 bits per heavy atom. The molecule has 0 aliphatic heterocycles. The lowest BCUT2D eigenvalue weighted by Crippen LogP contribution is -2.15. The van der Waals surface area contributed by atoms with Crippen LogP contribution >= 0.6 is 11.3 Å². The topological polar surface area (TPSA) is 0 Å². The normalized spacial score (nSPS) is 14.0. The Morgan fingerprint density at radius 2 is 2.27 bits per heavy atom. The van der Waals surface area contributed by atoms with Crippen LogP contribution in [0.1, 0.15) is 11.8 Å². The third-order valence-electron chi connectivity index (χ3n) is 1.47. The van der Waals surface area contributed by atoms with Gasteiger partial charge in [0.05, 0.1) is 0 Å². The largest absolute Gasteiger partial charge is 0.141 e. The van der Waals surface area contributed by atoms with Crippen molar-refractivity contribution in [2.45, 2.75) is 13.8 Å². The second-order valence-corrected chi connectivity index (χ2v) is 3.66. The fourth-order valence-corrected chi connectivity index (χ4v) is 1.93. The Kier molecular flexibility index (Phi) is 2.66. The van der Waals surface area contributed by atoms with Crippen molar-refractivity contribution in [3.05, 3.63) is 33.3 Å². The van der Waals surface area contributed by atoms with Crippen LogP contribution in [0.2, 0.25) is 0 Å². The highest BCUT2D eigenvalue weighted by Gasteiger charge is 1.88. The number of hydrogen-bond donors (Lipinski definition) is 0. The molecular formula is C10H12S. The molecule has 0 saturated carbocycles. The van der Waals surface area contributed by atoms with Crippen molar-refractivity contribution in [1.82, 2.24) is 0 Å². The van der Waals surface area contributed by atoms with Gasteiger partial charge < -0.3 is 0 Å². The van der Waals surface area contributed by atoms with E-state index in [9.17, 15) is 0 Å². The van der Waals surface area contributed by atoms with Crippen LogP contribution in [0.25, 0.3) is 12.2 Å². The van der Waals surface area contributed by atoms with Crippen molar-refractivity contribution in [3.8, 4) is 0 Å². The smallest absolute Gasteiger partial charge is 0.0302 e. The summed E-state index contributed by atoms with van der Waals surface area (Å²) >= 11 is 1.82. The average molecular weight is 164 g/mol. The molecule has 0 spiro atoms. The summed E-state index contributed by atoms with van der Waals surface area (Å²) in [5.74, 6) is 0. The van der Waals surface area contributed by atoms with Gasteiger partial charge >= 0.3 is 0 Å². The summed E-state index contributed by atoms with van der Waals surface area (Å²) in [6.07, 6.45) is 6.00. The van der Waals surface area contributed by atoms with E-state index in [1.165, 1.54) is 14.6 Å². The maximum atomic E-state index is 3.68. The molecule has 58 valence electrons. The van der Waals surface area contributed by atoms with Gasteiger partial charge in [-0.25, -0.2) is 0 Å². The molecule has 1 aromatic heterocycles. The molecule has 0 nitrogen and oxygen atoms in total. The highest BCUT2D eigenvalue weighted by atomic mass is 32.1. The molecule has 0 atom stereocenters. The van der Waals surface area contributed by atoms with E-state index in [2.05, 4.69) is 32.6 Å². The van der Waals surface area contributed by atoms with E-state index >= 15 is 0 Å². The summed E-state index contributed by atoms with van der Waals surface area (Å²) in [7, 11) is 0. The molecule has 0 fully saturated rings. The van der Waals surface area contributed by atoms with Crippen LogP contribution in [0.5, 0.6) is 0 Å². The standard InChI is InChI=1S/C10H12S/c1-4-6-9-7-8(3)11-10(9)5-2/h4-7H,1H2,2-3H3/b9-6-,10-5+. The molecule has 0 aliphatic carbocycles. The zero-order chi connectivity index (χ0) is 8.27. The Labute approximate surface area is 71.2 Å². The molecule has 0 saturated heterocycles. The Bertz CT molecular complexity index is 355. The first-order valence-electron chi connectivity index (χ1n) is 3.63. The fourth-order valence-electron chi connectivity index (χ4n) is 1.03. The molecule has 1 aromatic rings. The molecule has 0 aliphatic rings. The van der Waals surface area contributed by atoms with Crippen LogP contribution < -0.4 is 9.75 Å². The lowest BCUT2D eigenvalue weighted by atomic mass is 10.3. The lowest BCUT2D eigenvalue weighted by molar-refractivity contribution is 1.59. The number of hydrogen-bond acceptors (Lipinski definition) is 1. The lowest BCUT2D eigenvalue weighted by Gasteiger charge is -1.72. The van der Waals surface area contributed by atoms with Crippen molar-refractivity contribution in [1.29, 1.82) is 0 Å². The van der Waals surface area contributed by atoms with E-state index < -0.39 is 0 Å². The van der Waals surface area contributed by atoms with Crippen molar-refractivity contribution >= 4 is 23.5 Å². The van der Waals surface area contributed by atoms with E-state index in [0.717, 1.165) is 0 Å². The number of rotatable bonds is 1. The summed E-state index contributed by atoms with van der Waals surface area (Å²) in [5.41, 5.74) is 0. The molecule has 0 aromatic carbocycles. The first kappa shape index (κ1) is 8.28. The van der Waals surface area contributed by atoms with Crippen LogP contribution in [0.3, 0.4) is 0 Å². The minimum absolute atomic E-state index is 1.28. The van der Waals surface area contributed by atoms with Crippen LogP contribution in [-0.2, 0) is 0 Å². The predicted molar refractivity (Wildman–Crippen MR) is 53.1 cm³/mol. The third-order valence-corrected chi connectivity index (χ3v) is 2.60. The van der Waals surface area contributed by atoms with Crippen molar-refractivity contribution in [2.24, 2.45) is 0 Å². The second kappa shape index (κ2) is 3.54. The van der Waals surface area contributed by atoms with E-state index in [0.29, 0.717) is 0 Å². The first-order valence-corrected chi connectivity index (χ1v) is 4.45. The van der Waals surface area contributed by atoms with Crippen molar-refractivity contribution < 1.29 is 0 Å². The SMILES string of the molecule is C=C/C=c1/cc(C)s/c1=C/C. The molecule has 1 heterocycles. The van der Waals surface area contributed by atoms with Gasteiger partial charge in [-0.05, 0) is 25.1 Å². The molecule has 0 N–H and O–H groups in total. The number of aryl methyl sites for hydroxylation is 1. The van der Waals surface area contributed by atoms with E-state index in [-0.39, 0.29) is 0 Å². The molecular weight excluding hydrogens is 152 g/mol. The van der Waals surface area contributed by atoms with E-state index in [4.69, 9.17) is 0 Å². The number of allylic oxidation sites excluding steroid dienone is 1. The van der Waals surface area contributed by atoms with Gasteiger partial charge in [-0.3, -0.25) is 0 Å². The molecule has 0 amide bonds. The zero-order valence-corrected chi connectivity index (χ0v) is 7.74. The quantitative estimate of drug-likeness (QED) is 0.594. The van der Waals surface area contributed by atoms with Gasteiger partial charge in [-0.1, -0.05) is 24.8 Å². The first-order chi connectivity index (χ1) is 5.27. The average Bonchev–Trinajstić information content (AvgIpc) is 2.32. The fraction of sp³-hybridized carbons (Fsp3) is 0.200. The second-order valence-electron chi connectivity index (χ2n) is 2.37. The van der Waals surface area contributed by atoms with Gasteiger partial charge in [0.25, 0.3) is 0 Å². The van der Waals surface area contributed by atoms with Gasteiger partial charge in [0.15, 0.2) is 0 Å². The highest BCUT2D eigenvalue weighted by Crippen LogP contribution is 1.94. The summed E-state index contributed by atoms with van der Waals surface area (Å²) < 4.78 is 1.34. The van der Waals surface area contributed by atoms with Gasteiger partial charge in [-0.2, -0.15) is 0 Å². The zero-order valence-electron chi connectivity index (χ0n) is 6.92.